The molecule has 3 aromatic rings. The minimum atomic E-state index is -1.73. The minimum Gasteiger partial charge on any atom is -0.494 e. The Hall–Kier alpha value is -5.48. The highest BCUT2D eigenvalue weighted by Gasteiger charge is 2.56. The topological polar surface area (TPSA) is 200 Å². The highest BCUT2D eigenvalue weighted by atomic mass is 16.7. The number of aromatic amines is 1. The van der Waals surface area contributed by atoms with E-state index in [1.165, 1.54) is 55.4 Å². The van der Waals surface area contributed by atoms with E-state index in [0.717, 1.165) is 16.7 Å². The number of hydrogen-bond acceptors (Lipinski definition) is 15. The van der Waals surface area contributed by atoms with Crippen molar-refractivity contribution < 1.29 is 67.4 Å². The number of nitrogens with one attached hydrogen (secondary N) is 2. The van der Waals surface area contributed by atoms with E-state index < -0.39 is 109 Å². The molecule has 5 atom stereocenters. The number of aryl methyl sites for hydroxylation is 1. The maximum Gasteiger partial charge on any atom is 0.311 e. The van der Waals surface area contributed by atoms with Gasteiger partial charge in [0.05, 0.1) is 34.7 Å². The summed E-state index contributed by atoms with van der Waals surface area (Å²) < 4.78 is 81.1. The van der Waals surface area contributed by atoms with E-state index in [1.807, 2.05) is 83.1 Å². The average molecular weight is 996 g/mol. The molecule has 0 spiro atoms. The molecule has 2 heterocycles. The van der Waals surface area contributed by atoms with Crippen LogP contribution >= 0.6 is 0 Å². The van der Waals surface area contributed by atoms with E-state index >= 15 is 0 Å². The molecule has 4 rings (SSSR count). The number of benzene rings is 2. The summed E-state index contributed by atoms with van der Waals surface area (Å²) in [5, 5.41) is 11.1. The molecule has 0 saturated carbocycles. The molecule has 1 aliphatic heterocycles. The van der Waals surface area contributed by atoms with Gasteiger partial charge < -0.3 is 43.2 Å². The lowest BCUT2D eigenvalue weighted by Crippen LogP contribution is -2.65. The Kier molecular flexibility index (Phi) is 17.4. The Morgan fingerprint density at radius 2 is 1.34 bits per heavy atom. The normalized spacial score (nSPS) is 19.6. The lowest BCUT2D eigenvalue weighted by Gasteiger charge is -2.45. The van der Waals surface area contributed by atoms with Crippen LogP contribution in [-0.4, -0.2) is 96.0 Å². The van der Waals surface area contributed by atoms with Gasteiger partial charge in [0, 0.05) is 28.7 Å². The van der Waals surface area contributed by atoms with Crippen LogP contribution in [0.1, 0.15) is 163 Å². The molecular weight excluding hydrogens is 911 g/mol. The van der Waals surface area contributed by atoms with E-state index in [1.54, 1.807) is 0 Å². The summed E-state index contributed by atoms with van der Waals surface area (Å²) in [4.78, 5) is 67.8. The third-order valence-corrected chi connectivity index (χ3v) is 11.3. The fourth-order valence-corrected chi connectivity index (χ4v) is 6.98. The van der Waals surface area contributed by atoms with Crippen LogP contribution in [0, 0.1) is 28.6 Å². The Bertz CT molecular complexity index is 2390. The SMILES string of the molecule is [2H]CC(C)(C)C(=O)OC[C@H]1OC(Oc2n[nH]c(C(C)C)c2Cc2ccc(OCCCNC(C)(C)CC(=O)OCc3ccccc3)cc2C)[C@H](OC(=O)C(C)(C)C[2H])[C@@H](OC(=O)C(C)(C)C[2H])[C@@H]1OC(=O)C(C)(C)C[2H]. The van der Waals surface area contributed by atoms with Crippen LogP contribution in [0.15, 0.2) is 48.5 Å². The summed E-state index contributed by atoms with van der Waals surface area (Å²) in [5.41, 5.74) is -1.96. The second-order valence-electron chi connectivity index (χ2n) is 22.1. The first-order valence-corrected chi connectivity index (χ1v) is 24.0. The van der Waals surface area contributed by atoms with E-state index in [-0.39, 0.29) is 44.1 Å². The fraction of sp³-hybridized carbons (Fsp3) is 0.636. The van der Waals surface area contributed by atoms with Crippen molar-refractivity contribution in [2.75, 3.05) is 19.8 Å². The monoisotopic (exact) mass is 996 g/mol. The molecule has 16 heteroatoms. The highest BCUT2D eigenvalue weighted by Crippen LogP contribution is 2.37. The van der Waals surface area contributed by atoms with Crippen LogP contribution in [0.3, 0.4) is 0 Å². The molecule has 0 amide bonds. The highest BCUT2D eigenvalue weighted by molar-refractivity contribution is 5.78. The van der Waals surface area contributed by atoms with Gasteiger partial charge in [0.2, 0.25) is 18.3 Å². The van der Waals surface area contributed by atoms with Crippen molar-refractivity contribution >= 4 is 29.8 Å². The van der Waals surface area contributed by atoms with E-state index in [9.17, 15) is 24.0 Å². The first kappa shape index (κ1) is 51.9. The summed E-state index contributed by atoms with van der Waals surface area (Å²) in [7, 11) is 0. The van der Waals surface area contributed by atoms with E-state index in [4.69, 9.17) is 43.4 Å². The van der Waals surface area contributed by atoms with Crippen molar-refractivity contribution in [1.29, 1.82) is 0 Å². The predicted octanol–water partition coefficient (Wildman–Crippen LogP) is 9.27. The third-order valence-electron chi connectivity index (χ3n) is 11.3. The van der Waals surface area contributed by atoms with E-state index in [2.05, 4.69) is 15.5 Å². The quantitative estimate of drug-likeness (QED) is 0.0616. The predicted molar refractivity (Wildman–Crippen MR) is 267 cm³/mol. The first-order chi connectivity index (χ1) is 35.0. The zero-order valence-electron chi connectivity index (χ0n) is 48.1. The second-order valence-corrected chi connectivity index (χ2v) is 22.1. The summed E-state index contributed by atoms with van der Waals surface area (Å²) in [6, 6.07) is 15.2. The van der Waals surface area contributed by atoms with Crippen LogP contribution in [0.5, 0.6) is 11.6 Å². The lowest BCUT2D eigenvalue weighted by atomic mass is 9.93. The molecule has 71 heavy (non-hydrogen) atoms. The molecule has 1 aliphatic rings. The number of aromatic nitrogens is 2. The number of H-pyrrole nitrogens is 1. The Morgan fingerprint density at radius 3 is 1.92 bits per heavy atom. The molecule has 2 N–H and O–H groups in total. The van der Waals surface area contributed by atoms with Crippen LogP contribution in [-0.2, 0) is 65.4 Å². The standard InChI is InChI=1S/C55H81N3O13/c1-33(2)41-38(29-36-24-25-37(28-34(36)3)64-27-21-26-56-55(16,17)30-40(59)65-31-35-22-19-18-20-23-35)45(58-57-41)71-46-44(70-50(63)54(13,14)15)43(69-49(62)53(10,11)12)42(68-48(61)52(7,8)9)39(67-46)32-66-47(60)51(4,5)6/h18-20,22-25,28,33,39,42-44,46,56H,21,26-27,29-32H2,1-17H3,(H,57,58)/t39-,42-,43+,44-,46?/m1/s1/i4D,7D,10D,13D. The van der Waals surface area contributed by atoms with Crippen molar-refractivity contribution in [3.8, 4) is 11.6 Å². The third kappa shape index (κ3) is 17.4. The van der Waals surface area contributed by atoms with Crippen molar-refractivity contribution in [2.24, 2.45) is 21.7 Å². The molecule has 1 unspecified atom stereocenters. The lowest BCUT2D eigenvalue weighted by molar-refractivity contribution is -0.294. The molecule has 1 fully saturated rings. The zero-order chi connectivity index (χ0) is 56.1. The second kappa shape index (κ2) is 23.8. The zero-order valence-corrected chi connectivity index (χ0v) is 44.1. The number of esters is 5. The first-order valence-electron chi connectivity index (χ1n) is 26.9. The Balaban J connectivity index is 1.66. The van der Waals surface area contributed by atoms with Crippen molar-refractivity contribution in [1.82, 2.24) is 15.5 Å². The summed E-state index contributed by atoms with van der Waals surface area (Å²) >= 11 is 0. The smallest absolute Gasteiger partial charge is 0.311 e. The molecular formula is C55H81N3O13. The number of hydrogen-bond donors (Lipinski definition) is 2. The fourth-order valence-electron chi connectivity index (χ4n) is 6.98. The summed E-state index contributed by atoms with van der Waals surface area (Å²) in [6.45, 7) is 20.8. The van der Waals surface area contributed by atoms with Crippen LogP contribution in [0.2, 0.25) is 0 Å². The van der Waals surface area contributed by atoms with Crippen LogP contribution in [0.25, 0.3) is 0 Å². The molecule has 2 aromatic carbocycles. The minimum absolute atomic E-state index is 0.0255. The number of rotatable bonds is 20. The molecule has 16 nitrogen and oxygen atoms in total. The van der Waals surface area contributed by atoms with Gasteiger partial charge in [0.25, 0.3) is 0 Å². The number of carbonyl (C=O) groups is 5. The molecule has 1 saturated heterocycles. The van der Waals surface area contributed by atoms with Gasteiger partial charge in [-0.3, -0.25) is 29.1 Å². The van der Waals surface area contributed by atoms with Gasteiger partial charge in [0.1, 0.15) is 25.1 Å². The van der Waals surface area contributed by atoms with Crippen molar-refractivity contribution in [3.63, 3.8) is 0 Å². The summed E-state index contributed by atoms with van der Waals surface area (Å²) in [5.74, 6) is -3.23. The Labute approximate surface area is 426 Å². The molecule has 394 valence electrons. The van der Waals surface area contributed by atoms with Gasteiger partial charge in [-0.25, -0.2) is 0 Å². The maximum atomic E-state index is 14.0. The molecule has 0 radical (unpaired) electrons. The van der Waals surface area contributed by atoms with Gasteiger partial charge in [-0.2, -0.15) is 0 Å². The van der Waals surface area contributed by atoms with Crippen molar-refractivity contribution in [3.05, 3.63) is 76.5 Å². The average Bonchev–Trinajstić information content (AvgIpc) is 3.76. The van der Waals surface area contributed by atoms with Crippen molar-refractivity contribution in [2.45, 2.75) is 186 Å². The molecule has 0 aliphatic carbocycles. The van der Waals surface area contributed by atoms with Crippen LogP contribution < -0.4 is 14.8 Å². The molecule has 0 bridgehead atoms. The molecule has 1 aromatic heterocycles. The van der Waals surface area contributed by atoms with Gasteiger partial charge in [-0.15, -0.1) is 5.10 Å². The van der Waals surface area contributed by atoms with Crippen LogP contribution in [0.4, 0.5) is 0 Å². The number of ether oxygens (including phenoxy) is 8. The summed E-state index contributed by atoms with van der Waals surface area (Å²) in [6.07, 6.45) is -7.14. The number of carbonyl (C=O) groups excluding carboxylic acids is 5. The largest absolute Gasteiger partial charge is 0.494 e. The maximum absolute atomic E-state index is 14.0. The van der Waals surface area contributed by atoms with Gasteiger partial charge in [-0.1, -0.05) is 50.2 Å². The van der Waals surface area contributed by atoms with Gasteiger partial charge >= 0.3 is 29.8 Å². The van der Waals surface area contributed by atoms with Gasteiger partial charge in [-0.05, 0) is 151 Å². The Morgan fingerprint density at radius 1 is 0.761 bits per heavy atom. The number of nitrogens with zero attached hydrogens (tertiary/aromatic N) is 1. The van der Waals surface area contributed by atoms with E-state index in [0.29, 0.717) is 36.6 Å². The van der Waals surface area contributed by atoms with Gasteiger partial charge in [0.15, 0.2) is 12.2 Å².